The van der Waals surface area contributed by atoms with Gasteiger partial charge < -0.3 is 10.6 Å². The molecule has 3 rings (SSSR count). The maximum atomic E-state index is 12.4. The number of amides is 1. The van der Waals surface area contributed by atoms with E-state index in [9.17, 15) is 13.6 Å². The number of hydrogen-bond donors (Lipinski definition) is 2. The molecule has 1 saturated carbocycles. The summed E-state index contributed by atoms with van der Waals surface area (Å²) in [6.07, 6.45) is 3.05. The first-order valence-electron chi connectivity index (χ1n) is 7.16. The van der Waals surface area contributed by atoms with Gasteiger partial charge in [0.25, 0.3) is 5.76 Å². The van der Waals surface area contributed by atoms with Crippen molar-refractivity contribution >= 4 is 23.4 Å². The van der Waals surface area contributed by atoms with E-state index in [1.54, 1.807) is 24.3 Å². The number of carbonyl (C=O) groups is 1. The zero-order chi connectivity index (χ0) is 14.9. The second-order valence-electron chi connectivity index (χ2n) is 5.76. The van der Waals surface area contributed by atoms with Gasteiger partial charge in [-0.3, -0.25) is 4.79 Å². The van der Waals surface area contributed by atoms with Gasteiger partial charge in [-0.05, 0) is 56.0 Å². The molecule has 1 saturated heterocycles. The molecule has 3 nitrogen and oxygen atoms in total. The van der Waals surface area contributed by atoms with Crippen molar-refractivity contribution in [3.8, 4) is 0 Å². The molecule has 1 unspecified atom stereocenters. The van der Waals surface area contributed by atoms with E-state index in [0.29, 0.717) is 22.3 Å². The summed E-state index contributed by atoms with van der Waals surface area (Å²) in [6, 6.07) is 6.66. The molecule has 2 N–H and O–H groups in total. The number of piperidine rings is 1. The van der Waals surface area contributed by atoms with E-state index in [0.717, 1.165) is 32.4 Å². The van der Waals surface area contributed by atoms with Crippen molar-refractivity contribution in [1.82, 2.24) is 5.32 Å². The number of carbonyl (C=O) groups excluding carboxylic acids is 1. The van der Waals surface area contributed by atoms with Crippen LogP contribution in [0.15, 0.2) is 29.2 Å². The van der Waals surface area contributed by atoms with Crippen molar-refractivity contribution < 1.29 is 13.6 Å². The van der Waals surface area contributed by atoms with Gasteiger partial charge in [-0.25, -0.2) is 0 Å². The third-order valence-corrected chi connectivity index (χ3v) is 5.14. The van der Waals surface area contributed by atoms with E-state index in [-0.39, 0.29) is 17.2 Å². The lowest BCUT2D eigenvalue weighted by molar-refractivity contribution is -0.118. The minimum absolute atomic E-state index is 0.0242. The van der Waals surface area contributed by atoms with Crippen LogP contribution in [0.25, 0.3) is 0 Å². The predicted molar refractivity (Wildman–Crippen MR) is 79.6 cm³/mol. The Hall–Kier alpha value is -1.14. The molecule has 0 bridgehead atoms. The van der Waals surface area contributed by atoms with Crippen LogP contribution in [0, 0.1) is 11.3 Å². The molecule has 0 aromatic heterocycles. The fourth-order valence-electron chi connectivity index (χ4n) is 3.18. The minimum atomic E-state index is -2.45. The minimum Gasteiger partial charge on any atom is -0.326 e. The van der Waals surface area contributed by atoms with Crippen LogP contribution >= 0.6 is 11.8 Å². The highest BCUT2D eigenvalue weighted by molar-refractivity contribution is 7.99. The van der Waals surface area contributed by atoms with Crippen molar-refractivity contribution in [2.45, 2.75) is 29.9 Å². The van der Waals surface area contributed by atoms with E-state index in [1.807, 2.05) is 0 Å². The molecule has 1 heterocycles. The van der Waals surface area contributed by atoms with Crippen LogP contribution in [0.5, 0.6) is 0 Å². The fraction of sp³-hybridized carbons (Fsp3) is 0.533. The molecular formula is C15H18F2N2OS. The average molecular weight is 312 g/mol. The van der Waals surface area contributed by atoms with Gasteiger partial charge in [-0.15, -0.1) is 0 Å². The Morgan fingerprint density at radius 3 is 2.86 bits per heavy atom. The molecule has 2 aliphatic rings. The fourth-order valence-corrected chi connectivity index (χ4v) is 3.73. The van der Waals surface area contributed by atoms with Crippen LogP contribution in [0.3, 0.4) is 0 Å². The highest BCUT2D eigenvalue weighted by atomic mass is 32.2. The second kappa shape index (κ2) is 5.93. The number of anilines is 1. The van der Waals surface area contributed by atoms with Gasteiger partial charge in [0.05, 0.1) is 0 Å². The van der Waals surface area contributed by atoms with E-state index in [1.165, 1.54) is 0 Å². The topological polar surface area (TPSA) is 41.1 Å². The van der Waals surface area contributed by atoms with Gasteiger partial charge in [0.15, 0.2) is 0 Å². The standard InChI is InChI=1S/C15H18F2N2OS/c16-14(17)21-11-3-1-2-10(8-11)19-13(20)12-9-15(12)4-6-18-7-5-15/h1-3,8,12,14,18H,4-7,9H2,(H,19,20). The molecule has 1 amide bonds. The third kappa shape index (κ3) is 3.37. The summed E-state index contributed by atoms with van der Waals surface area (Å²) in [5.74, 6) is -2.35. The number of thioether (sulfide) groups is 1. The number of rotatable bonds is 4. The van der Waals surface area contributed by atoms with E-state index in [2.05, 4.69) is 10.6 Å². The van der Waals surface area contributed by atoms with E-state index >= 15 is 0 Å². The number of halogens is 2. The molecule has 1 atom stereocenters. The summed E-state index contributed by atoms with van der Waals surface area (Å²) < 4.78 is 24.7. The van der Waals surface area contributed by atoms with Crippen molar-refractivity contribution in [1.29, 1.82) is 0 Å². The Kier molecular flexibility index (Phi) is 4.17. The van der Waals surface area contributed by atoms with Gasteiger partial charge in [0, 0.05) is 16.5 Å². The Labute approximate surface area is 126 Å². The molecule has 1 spiro atoms. The molecule has 114 valence electrons. The molecule has 1 aliphatic heterocycles. The van der Waals surface area contributed by atoms with Crippen LogP contribution in [0.2, 0.25) is 0 Å². The quantitative estimate of drug-likeness (QED) is 0.838. The highest BCUT2D eigenvalue weighted by Gasteiger charge is 2.57. The van der Waals surface area contributed by atoms with E-state index < -0.39 is 5.76 Å². The normalized spacial score (nSPS) is 23.3. The lowest BCUT2D eigenvalue weighted by Gasteiger charge is -2.23. The van der Waals surface area contributed by atoms with Crippen LogP contribution in [0.4, 0.5) is 14.5 Å². The van der Waals surface area contributed by atoms with Gasteiger partial charge >= 0.3 is 0 Å². The summed E-state index contributed by atoms with van der Waals surface area (Å²) >= 11 is 0.492. The monoisotopic (exact) mass is 312 g/mol. The first-order valence-corrected chi connectivity index (χ1v) is 8.03. The smallest absolute Gasteiger partial charge is 0.288 e. The average Bonchev–Trinajstić information content (AvgIpc) is 3.13. The van der Waals surface area contributed by atoms with Crippen molar-refractivity contribution in [3.05, 3.63) is 24.3 Å². The second-order valence-corrected chi connectivity index (χ2v) is 6.83. The van der Waals surface area contributed by atoms with Crippen LogP contribution in [-0.2, 0) is 4.79 Å². The Balaban J connectivity index is 1.60. The SMILES string of the molecule is O=C(Nc1cccc(SC(F)F)c1)C1CC12CCNCC2. The molecule has 1 aromatic rings. The molecule has 0 radical (unpaired) electrons. The van der Waals surface area contributed by atoms with E-state index in [4.69, 9.17) is 0 Å². The van der Waals surface area contributed by atoms with Crippen molar-refractivity contribution in [2.75, 3.05) is 18.4 Å². The lowest BCUT2D eigenvalue weighted by atomic mass is 9.92. The zero-order valence-corrected chi connectivity index (χ0v) is 12.4. The maximum absolute atomic E-state index is 12.4. The first-order chi connectivity index (χ1) is 10.1. The summed E-state index contributed by atoms with van der Waals surface area (Å²) in [5, 5.41) is 6.18. The summed E-state index contributed by atoms with van der Waals surface area (Å²) in [6.45, 7) is 1.95. The largest absolute Gasteiger partial charge is 0.326 e. The highest BCUT2D eigenvalue weighted by Crippen LogP contribution is 2.58. The van der Waals surface area contributed by atoms with Crippen molar-refractivity contribution in [3.63, 3.8) is 0 Å². The van der Waals surface area contributed by atoms with Crippen LogP contribution in [-0.4, -0.2) is 24.8 Å². The molecular weight excluding hydrogens is 294 g/mol. The Morgan fingerprint density at radius 1 is 1.38 bits per heavy atom. The lowest BCUT2D eigenvalue weighted by Crippen LogP contribution is -2.31. The number of hydrogen-bond acceptors (Lipinski definition) is 3. The maximum Gasteiger partial charge on any atom is 0.288 e. The zero-order valence-electron chi connectivity index (χ0n) is 11.6. The van der Waals surface area contributed by atoms with Crippen LogP contribution < -0.4 is 10.6 Å². The van der Waals surface area contributed by atoms with Gasteiger partial charge in [-0.1, -0.05) is 17.8 Å². The number of benzene rings is 1. The molecule has 1 aliphatic carbocycles. The first kappa shape index (κ1) is 14.8. The molecule has 1 aromatic carbocycles. The van der Waals surface area contributed by atoms with Crippen LogP contribution in [0.1, 0.15) is 19.3 Å². The third-order valence-electron chi connectivity index (χ3n) is 4.43. The Morgan fingerprint density at radius 2 is 2.14 bits per heavy atom. The Bertz CT molecular complexity index is 532. The van der Waals surface area contributed by atoms with Gasteiger partial charge in [0.1, 0.15) is 0 Å². The van der Waals surface area contributed by atoms with Gasteiger partial charge in [0.2, 0.25) is 5.91 Å². The summed E-state index contributed by atoms with van der Waals surface area (Å²) in [4.78, 5) is 12.8. The molecule has 2 fully saturated rings. The molecule has 21 heavy (non-hydrogen) atoms. The molecule has 6 heteroatoms. The summed E-state index contributed by atoms with van der Waals surface area (Å²) in [7, 11) is 0. The van der Waals surface area contributed by atoms with Gasteiger partial charge in [-0.2, -0.15) is 8.78 Å². The number of nitrogens with one attached hydrogen (secondary N) is 2. The van der Waals surface area contributed by atoms with Crippen molar-refractivity contribution in [2.24, 2.45) is 11.3 Å². The number of alkyl halides is 2. The predicted octanol–water partition coefficient (Wildman–Crippen LogP) is 3.33. The summed E-state index contributed by atoms with van der Waals surface area (Å²) in [5.41, 5.74) is 0.784.